The van der Waals surface area contributed by atoms with E-state index in [0.717, 1.165) is 24.1 Å². The molecule has 0 saturated carbocycles. The SMILES string of the molecule is CC(C)C(=O)Oc1ccc(CO)cc1[C@H](CCN(C(C)C)C(C)C)c1ccccc1.O=C([O-])/C=C/C(=O)[O-]. The minimum absolute atomic E-state index is 0.0446. The first-order valence-corrected chi connectivity index (χ1v) is 12.7. The Kier molecular flexibility index (Phi) is 14.0. The second kappa shape index (κ2) is 16.4. The Balaban J connectivity index is 0.000000781. The molecule has 0 fully saturated rings. The summed E-state index contributed by atoms with van der Waals surface area (Å²) in [4.78, 5) is 33.7. The lowest BCUT2D eigenvalue weighted by atomic mass is 9.86. The van der Waals surface area contributed by atoms with E-state index in [2.05, 4.69) is 44.7 Å². The van der Waals surface area contributed by atoms with Crippen LogP contribution in [0.1, 0.15) is 70.6 Å². The van der Waals surface area contributed by atoms with Crippen LogP contribution in [0, 0.1) is 5.92 Å². The molecule has 2 rings (SSSR count). The molecule has 0 unspecified atom stereocenters. The zero-order chi connectivity index (χ0) is 28.8. The van der Waals surface area contributed by atoms with E-state index < -0.39 is 11.9 Å². The van der Waals surface area contributed by atoms with E-state index in [9.17, 15) is 29.7 Å². The lowest BCUT2D eigenvalue weighted by Gasteiger charge is -2.32. The van der Waals surface area contributed by atoms with Gasteiger partial charge < -0.3 is 29.6 Å². The molecule has 0 heterocycles. The highest BCUT2D eigenvalue weighted by molar-refractivity contribution is 5.87. The van der Waals surface area contributed by atoms with Crippen LogP contribution in [0.5, 0.6) is 5.75 Å². The van der Waals surface area contributed by atoms with Crippen LogP contribution in [0.3, 0.4) is 0 Å². The smallest absolute Gasteiger partial charge is 0.313 e. The first-order chi connectivity index (χ1) is 17.9. The monoisotopic (exact) mass is 525 g/mol. The maximum atomic E-state index is 12.3. The highest BCUT2D eigenvalue weighted by atomic mass is 16.5. The van der Waals surface area contributed by atoms with Gasteiger partial charge in [-0.2, -0.15) is 0 Å². The third-order valence-corrected chi connectivity index (χ3v) is 5.87. The molecule has 0 amide bonds. The summed E-state index contributed by atoms with van der Waals surface area (Å²) in [6.45, 7) is 13.4. The van der Waals surface area contributed by atoms with Crippen LogP contribution in [-0.2, 0) is 21.0 Å². The fourth-order valence-electron chi connectivity index (χ4n) is 4.00. The van der Waals surface area contributed by atoms with Crippen molar-refractivity contribution in [3.05, 3.63) is 77.4 Å². The quantitative estimate of drug-likeness (QED) is 0.254. The summed E-state index contributed by atoms with van der Waals surface area (Å²) in [5.74, 6) is -2.90. The summed E-state index contributed by atoms with van der Waals surface area (Å²) in [7, 11) is 0. The van der Waals surface area contributed by atoms with Crippen LogP contribution in [-0.4, -0.2) is 46.5 Å². The molecule has 8 nitrogen and oxygen atoms in total. The minimum atomic E-state index is -1.55. The van der Waals surface area contributed by atoms with Crippen molar-refractivity contribution >= 4 is 17.9 Å². The van der Waals surface area contributed by atoms with Gasteiger partial charge in [0.05, 0.1) is 24.5 Å². The molecule has 1 atom stereocenters. The van der Waals surface area contributed by atoms with E-state index >= 15 is 0 Å². The number of carbonyl (C=O) groups is 3. The van der Waals surface area contributed by atoms with Gasteiger partial charge in [-0.3, -0.25) is 9.69 Å². The maximum absolute atomic E-state index is 12.3. The summed E-state index contributed by atoms with van der Waals surface area (Å²) in [6.07, 6.45) is 1.66. The van der Waals surface area contributed by atoms with Crippen molar-refractivity contribution in [3.63, 3.8) is 0 Å². The number of carboxylic acids is 2. The number of aliphatic hydroxyl groups excluding tert-OH is 1. The molecule has 208 valence electrons. The van der Waals surface area contributed by atoms with Crippen LogP contribution >= 0.6 is 0 Å². The van der Waals surface area contributed by atoms with E-state index in [-0.39, 0.29) is 24.4 Å². The Hall–Kier alpha value is -3.49. The topological polar surface area (TPSA) is 130 Å². The third-order valence-electron chi connectivity index (χ3n) is 5.87. The van der Waals surface area contributed by atoms with Gasteiger partial charge in [0, 0.05) is 23.6 Å². The van der Waals surface area contributed by atoms with Gasteiger partial charge in [0.15, 0.2) is 0 Å². The predicted molar refractivity (Wildman–Crippen MR) is 142 cm³/mol. The van der Waals surface area contributed by atoms with Gasteiger partial charge in [-0.05, 0) is 76.1 Å². The number of ether oxygens (including phenoxy) is 1. The van der Waals surface area contributed by atoms with Gasteiger partial charge in [0.25, 0.3) is 0 Å². The zero-order valence-electron chi connectivity index (χ0n) is 23.0. The number of carboxylic acid groups (broad SMARTS) is 2. The summed E-state index contributed by atoms with van der Waals surface area (Å²) >= 11 is 0. The first-order valence-electron chi connectivity index (χ1n) is 12.7. The summed E-state index contributed by atoms with van der Waals surface area (Å²) in [6, 6.07) is 16.9. The van der Waals surface area contributed by atoms with E-state index in [0.29, 0.717) is 30.0 Å². The molecule has 2 aromatic rings. The first kappa shape index (κ1) is 32.5. The van der Waals surface area contributed by atoms with Crippen molar-refractivity contribution in [2.75, 3.05) is 6.54 Å². The fourth-order valence-corrected chi connectivity index (χ4v) is 4.00. The Morgan fingerprint density at radius 1 is 0.895 bits per heavy atom. The molecule has 0 spiro atoms. The Bertz CT molecular complexity index is 1040. The second-order valence-electron chi connectivity index (χ2n) is 9.75. The minimum Gasteiger partial charge on any atom is -0.545 e. The molecule has 0 radical (unpaired) electrons. The van der Waals surface area contributed by atoms with Gasteiger partial charge in [0.1, 0.15) is 5.75 Å². The normalized spacial score (nSPS) is 12.1. The highest BCUT2D eigenvalue weighted by Gasteiger charge is 2.23. The van der Waals surface area contributed by atoms with Gasteiger partial charge >= 0.3 is 5.97 Å². The molecule has 0 bridgehead atoms. The number of aliphatic hydroxyl groups is 1. The van der Waals surface area contributed by atoms with E-state index in [1.54, 1.807) is 0 Å². The number of nitrogens with zero attached hydrogens (tertiary/aromatic N) is 1. The van der Waals surface area contributed by atoms with Crippen LogP contribution in [0.4, 0.5) is 0 Å². The zero-order valence-corrected chi connectivity index (χ0v) is 23.0. The molecular formula is C30H39NO7-2. The predicted octanol–water partition coefficient (Wildman–Crippen LogP) is 2.42. The maximum Gasteiger partial charge on any atom is 0.313 e. The lowest BCUT2D eigenvalue weighted by molar-refractivity contribution is -0.301. The van der Waals surface area contributed by atoms with Crippen molar-refractivity contribution in [1.82, 2.24) is 4.90 Å². The molecule has 0 aliphatic carbocycles. The second-order valence-corrected chi connectivity index (χ2v) is 9.75. The fraction of sp³-hybridized carbons (Fsp3) is 0.433. The van der Waals surface area contributed by atoms with Crippen molar-refractivity contribution in [1.29, 1.82) is 0 Å². The van der Waals surface area contributed by atoms with Crippen molar-refractivity contribution in [2.24, 2.45) is 5.92 Å². The van der Waals surface area contributed by atoms with E-state index in [1.165, 1.54) is 5.56 Å². The standard InChI is InChI=1S/C26H37NO3.C4H4O4/c1-18(2)26(29)30-25-13-12-21(17-28)16-24(25)23(22-10-8-7-9-11-22)14-15-27(19(3)4)20(5)6;5-3(6)1-2-4(7)8/h7-13,16,18-20,23,28H,14-15,17H2,1-6H3;1-2H,(H,5,6)(H,7,8)/p-2/b;2-1+/t23-;/m1./s1. The summed E-state index contributed by atoms with van der Waals surface area (Å²) in [5.41, 5.74) is 2.95. The van der Waals surface area contributed by atoms with Crippen LogP contribution in [0.15, 0.2) is 60.7 Å². The van der Waals surface area contributed by atoms with Crippen molar-refractivity contribution in [3.8, 4) is 5.75 Å². The van der Waals surface area contributed by atoms with E-state index in [1.807, 2.05) is 50.2 Å². The van der Waals surface area contributed by atoms with Gasteiger partial charge in [-0.25, -0.2) is 0 Å². The van der Waals surface area contributed by atoms with E-state index in [4.69, 9.17) is 4.74 Å². The highest BCUT2D eigenvalue weighted by Crippen LogP contribution is 2.36. The molecule has 0 aliphatic rings. The van der Waals surface area contributed by atoms with Gasteiger partial charge in [0.2, 0.25) is 0 Å². The Morgan fingerprint density at radius 3 is 1.89 bits per heavy atom. The average Bonchev–Trinajstić information content (AvgIpc) is 2.86. The average molecular weight is 526 g/mol. The molecule has 0 aromatic heterocycles. The number of rotatable bonds is 12. The summed E-state index contributed by atoms with van der Waals surface area (Å²) < 4.78 is 5.78. The largest absolute Gasteiger partial charge is 0.545 e. The lowest BCUT2D eigenvalue weighted by Crippen LogP contribution is -2.38. The summed E-state index contributed by atoms with van der Waals surface area (Å²) in [5, 5.41) is 28.6. The number of hydrogen-bond donors (Lipinski definition) is 1. The third kappa shape index (κ3) is 11.3. The molecule has 0 saturated heterocycles. The van der Waals surface area contributed by atoms with Crippen molar-refractivity contribution in [2.45, 2.75) is 72.6 Å². The number of carbonyl (C=O) groups excluding carboxylic acids is 3. The van der Waals surface area contributed by atoms with Gasteiger partial charge in [-0.1, -0.05) is 50.2 Å². The van der Waals surface area contributed by atoms with Gasteiger partial charge in [-0.15, -0.1) is 0 Å². The molecule has 38 heavy (non-hydrogen) atoms. The molecule has 1 N–H and O–H groups in total. The number of benzene rings is 2. The molecule has 2 aromatic carbocycles. The Labute approximate surface area is 225 Å². The molecule has 8 heteroatoms. The number of esters is 1. The Morgan fingerprint density at radius 2 is 1.45 bits per heavy atom. The van der Waals surface area contributed by atoms with Crippen LogP contribution < -0.4 is 14.9 Å². The van der Waals surface area contributed by atoms with Crippen LogP contribution in [0.2, 0.25) is 0 Å². The van der Waals surface area contributed by atoms with Crippen molar-refractivity contribution < 1.29 is 34.4 Å². The number of hydrogen-bond acceptors (Lipinski definition) is 8. The number of aliphatic carboxylic acids is 2. The molecular weight excluding hydrogens is 486 g/mol. The molecule has 0 aliphatic heterocycles. The van der Waals surface area contributed by atoms with Crippen LogP contribution in [0.25, 0.3) is 0 Å².